The van der Waals surface area contributed by atoms with Crippen molar-refractivity contribution in [1.82, 2.24) is 5.43 Å². The average molecular weight is 275 g/mol. The summed E-state index contributed by atoms with van der Waals surface area (Å²) < 4.78 is 5.55. The summed E-state index contributed by atoms with van der Waals surface area (Å²) in [6, 6.07) is 8.52. The van der Waals surface area contributed by atoms with Crippen LogP contribution < -0.4 is 16.2 Å². The minimum Gasteiger partial charge on any atom is -0.508 e. The number of carbonyl (C=O) groups is 1. The van der Waals surface area contributed by atoms with Crippen LogP contribution in [0.3, 0.4) is 0 Å². The Morgan fingerprint density at radius 2 is 2.05 bits per heavy atom. The van der Waals surface area contributed by atoms with Crippen LogP contribution in [-0.4, -0.2) is 18.1 Å². The van der Waals surface area contributed by atoms with E-state index in [0.29, 0.717) is 23.6 Å². The summed E-state index contributed by atoms with van der Waals surface area (Å²) in [5.41, 5.74) is 3.45. The smallest absolute Gasteiger partial charge is 0.268 e. The maximum absolute atomic E-state index is 11.5. The zero-order chi connectivity index (χ0) is 14.7. The van der Waals surface area contributed by atoms with Gasteiger partial charge in [0.1, 0.15) is 17.3 Å². The van der Waals surface area contributed by atoms with Crippen molar-refractivity contribution in [2.24, 2.45) is 5.84 Å². The largest absolute Gasteiger partial charge is 0.508 e. The van der Waals surface area contributed by atoms with Gasteiger partial charge in [0.05, 0.1) is 12.1 Å². The molecule has 6 nitrogen and oxygen atoms in total. The predicted octanol–water partition coefficient (Wildman–Crippen LogP) is 1.53. The fraction of sp³-hybridized carbons (Fsp3) is 0.214. The van der Waals surface area contributed by atoms with E-state index in [1.807, 2.05) is 11.9 Å². The number of carbonyl (C=O) groups excluding carboxylic acids is 1. The van der Waals surface area contributed by atoms with Gasteiger partial charge in [-0.15, -0.1) is 0 Å². The van der Waals surface area contributed by atoms with Crippen LogP contribution in [0.4, 0.5) is 5.69 Å². The molecule has 0 spiro atoms. The number of furan rings is 1. The van der Waals surface area contributed by atoms with E-state index in [0.717, 1.165) is 5.69 Å². The van der Waals surface area contributed by atoms with Gasteiger partial charge in [0.15, 0.2) is 0 Å². The summed E-state index contributed by atoms with van der Waals surface area (Å²) in [6.45, 7) is 2.22. The first-order chi connectivity index (χ1) is 9.51. The number of hydrogen-bond acceptors (Lipinski definition) is 5. The highest BCUT2D eigenvalue weighted by molar-refractivity contribution is 5.94. The molecule has 0 saturated heterocycles. The predicted molar refractivity (Wildman–Crippen MR) is 75.3 cm³/mol. The molecule has 6 heteroatoms. The van der Waals surface area contributed by atoms with Gasteiger partial charge in [0, 0.05) is 12.7 Å². The van der Waals surface area contributed by atoms with Crippen molar-refractivity contribution in [2.75, 3.05) is 11.9 Å². The number of phenolic OH excluding ortho intramolecular Hbond substituents is 1. The van der Waals surface area contributed by atoms with Crippen molar-refractivity contribution < 1.29 is 14.3 Å². The number of aryl methyl sites for hydroxylation is 1. The van der Waals surface area contributed by atoms with Crippen LogP contribution in [0.1, 0.15) is 21.9 Å². The van der Waals surface area contributed by atoms with E-state index in [4.69, 9.17) is 10.3 Å². The van der Waals surface area contributed by atoms with Crippen molar-refractivity contribution in [2.45, 2.75) is 13.5 Å². The lowest BCUT2D eigenvalue weighted by Gasteiger charge is -2.17. The third-order valence-electron chi connectivity index (χ3n) is 3.03. The van der Waals surface area contributed by atoms with Gasteiger partial charge >= 0.3 is 0 Å². The summed E-state index contributed by atoms with van der Waals surface area (Å²) in [7, 11) is 1.90. The molecule has 0 aliphatic heterocycles. The van der Waals surface area contributed by atoms with Crippen molar-refractivity contribution in [3.63, 3.8) is 0 Å². The Morgan fingerprint density at radius 3 is 2.65 bits per heavy atom. The Bertz CT molecular complexity index is 605. The van der Waals surface area contributed by atoms with E-state index in [-0.39, 0.29) is 11.7 Å². The van der Waals surface area contributed by atoms with Gasteiger partial charge < -0.3 is 14.4 Å². The van der Waals surface area contributed by atoms with Crippen LogP contribution in [0, 0.1) is 6.92 Å². The Labute approximate surface area is 116 Å². The Kier molecular flexibility index (Phi) is 3.95. The highest BCUT2D eigenvalue weighted by Crippen LogP contribution is 2.21. The quantitative estimate of drug-likeness (QED) is 0.447. The molecule has 0 fully saturated rings. The van der Waals surface area contributed by atoms with Crippen molar-refractivity contribution in [3.05, 3.63) is 47.4 Å². The van der Waals surface area contributed by atoms with Gasteiger partial charge in [-0.05, 0) is 37.3 Å². The third kappa shape index (κ3) is 2.92. The number of phenols is 1. The Hall–Kier alpha value is -2.47. The number of anilines is 1. The second kappa shape index (κ2) is 5.66. The van der Waals surface area contributed by atoms with E-state index < -0.39 is 0 Å². The normalized spacial score (nSPS) is 10.3. The van der Waals surface area contributed by atoms with E-state index in [9.17, 15) is 9.90 Å². The van der Waals surface area contributed by atoms with Crippen LogP contribution in [0.2, 0.25) is 0 Å². The maximum atomic E-state index is 11.5. The first-order valence-electron chi connectivity index (χ1n) is 6.11. The molecule has 106 valence electrons. The molecule has 1 heterocycles. The van der Waals surface area contributed by atoms with E-state index in [1.165, 1.54) is 0 Å². The second-order valence-corrected chi connectivity index (χ2v) is 4.53. The van der Waals surface area contributed by atoms with E-state index in [2.05, 4.69) is 5.43 Å². The van der Waals surface area contributed by atoms with Crippen LogP contribution in [0.5, 0.6) is 5.75 Å². The zero-order valence-electron chi connectivity index (χ0n) is 11.4. The zero-order valence-corrected chi connectivity index (χ0v) is 11.4. The maximum Gasteiger partial charge on any atom is 0.268 e. The topological polar surface area (TPSA) is 91.7 Å². The van der Waals surface area contributed by atoms with Gasteiger partial charge in [-0.1, -0.05) is 0 Å². The molecule has 4 N–H and O–H groups in total. The molecule has 0 atom stereocenters. The minimum absolute atomic E-state index is 0.220. The lowest BCUT2D eigenvalue weighted by Crippen LogP contribution is -2.30. The first-order valence-corrected chi connectivity index (χ1v) is 6.11. The van der Waals surface area contributed by atoms with Crippen molar-refractivity contribution in [3.8, 4) is 5.75 Å². The fourth-order valence-corrected chi connectivity index (χ4v) is 1.96. The minimum atomic E-state index is -0.371. The number of amides is 1. The van der Waals surface area contributed by atoms with E-state index >= 15 is 0 Å². The number of nitrogens with zero attached hydrogens (tertiary/aromatic N) is 1. The van der Waals surface area contributed by atoms with Gasteiger partial charge in [-0.25, -0.2) is 5.84 Å². The van der Waals surface area contributed by atoms with Gasteiger partial charge in [-0.2, -0.15) is 0 Å². The van der Waals surface area contributed by atoms with Crippen LogP contribution >= 0.6 is 0 Å². The van der Waals surface area contributed by atoms with Gasteiger partial charge in [0.25, 0.3) is 5.91 Å². The van der Waals surface area contributed by atoms with Crippen molar-refractivity contribution >= 4 is 11.6 Å². The number of nitrogen functional groups attached to an aromatic ring is 1. The molecule has 0 bridgehead atoms. The van der Waals surface area contributed by atoms with Crippen LogP contribution in [0.15, 0.2) is 34.7 Å². The number of aromatic hydroxyl groups is 1. The first kappa shape index (κ1) is 14.0. The Balaban J connectivity index is 2.13. The molecule has 2 rings (SSSR count). The lowest BCUT2D eigenvalue weighted by atomic mass is 10.2. The van der Waals surface area contributed by atoms with Crippen LogP contribution in [-0.2, 0) is 6.54 Å². The summed E-state index contributed by atoms with van der Waals surface area (Å²) in [5.74, 6) is 6.16. The molecule has 2 aromatic rings. The lowest BCUT2D eigenvalue weighted by molar-refractivity contribution is 0.0952. The van der Waals surface area contributed by atoms with Crippen molar-refractivity contribution in [1.29, 1.82) is 0 Å². The highest BCUT2D eigenvalue weighted by atomic mass is 16.3. The summed E-state index contributed by atoms with van der Waals surface area (Å²) in [5, 5.41) is 9.26. The molecule has 1 amide bonds. The van der Waals surface area contributed by atoms with E-state index in [1.54, 1.807) is 37.3 Å². The van der Waals surface area contributed by atoms with Gasteiger partial charge in [0.2, 0.25) is 0 Å². The molecular formula is C14H17N3O3. The third-order valence-corrected chi connectivity index (χ3v) is 3.03. The van der Waals surface area contributed by atoms with Crippen LogP contribution in [0.25, 0.3) is 0 Å². The molecule has 1 aromatic heterocycles. The highest BCUT2D eigenvalue weighted by Gasteiger charge is 2.15. The SMILES string of the molecule is Cc1oc(CN(C)c2ccc(O)cc2)cc1C(=O)NN. The average Bonchev–Trinajstić information content (AvgIpc) is 2.79. The summed E-state index contributed by atoms with van der Waals surface area (Å²) in [4.78, 5) is 13.4. The number of hydrazine groups is 1. The molecule has 1 aromatic carbocycles. The number of hydrogen-bond donors (Lipinski definition) is 3. The summed E-state index contributed by atoms with van der Waals surface area (Å²) in [6.07, 6.45) is 0. The number of nitrogens with two attached hydrogens (primary N) is 1. The molecule has 0 aliphatic rings. The molecule has 0 aliphatic carbocycles. The number of rotatable bonds is 4. The molecular weight excluding hydrogens is 258 g/mol. The molecule has 0 saturated carbocycles. The standard InChI is InChI=1S/C14H17N3O3/c1-9-13(14(19)16-15)7-12(20-9)8-17(2)10-3-5-11(18)6-4-10/h3-7,18H,8,15H2,1-2H3,(H,16,19). The number of benzene rings is 1. The number of nitrogens with one attached hydrogen (secondary N) is 1. The summed E-state index contributed by atoms with van der Waals surface area (Å²) >= 11 is 0. The second-order valence-electron chi connectivity index (χ2n) is 4.53. The molecule has 20 heavy (non-hydrogen) atoms. The Morgan fingerprint density at radius 1 is 1.40 bits per heavy atom. The monoisotopic (exact) mass is 275 g/mol. The van der Waals surface area contributed by atoms with Gasteiger partial charge in [-0.3, -0.25) is 10.2 Å². The molecule has 0 radical (unpaired) electrons. The fourth-order valence-electron chi connectivity index (χ4n) is 1.96. The molecule has 0 unspecified atom stereocenters.